The third kappa shape index (κ3) is 2.66. The third-order valence-corrected chi connectivity index (χ3v) is 5.22. The number of anilines is 1. The number of rotatable bonds is 3. The fraction of sp³-hybridized carbons (Fsp3) is 0.278. The summed E-state index contributed by atoms with van der Waals surface area (Å²) in [6.07, 6.45) is 0.793. The number of hydrogen-bond donors (Lipinski definition) is 0. The van der Waals surface area contributed by atoms with Crippen LogP contribution in [0.2, 0.25) is 0 Å². The molecule has 1 amide bonds. The SMILES string of the molecule is COc1cc(I)c2c(c1)CCN2C(=O)c1cc2c(cc1OC)OCO2. The van der Waals surface area contributed by atoms with Crippen molar-refractivity contribution in [1.82, 2.24) is 0 Å². The Morgan fingerprint density at radius 2 is 1.88 bits per heavy atom. The predicted octanol–water partition coefficient (Wildman–Crippen LogP) is 3.24. The van der Waals surface area contributed by atoms with Crippen molar-refractivity contribution in [3.8, 4) is 23.0 Å². The van der Waals surface area contributed by atoms with Crippen LogP contribution in [0.3, 0.4) is 0 Å². The monoisotopic (exact) mass is 453 g/mol. The summed E-state index contributed by atoms with van der Waals surface area (Å²) < 4.78 is 22.5. The summed E-state index contributed by atoms with van der Waals surface area (Å²) in [6.45, 7) is 0.773. The van der Waals surface area contributed by atoms with Gasteiger partial charge in [0.1, 0.15) is 11.5 Å². The van der Waals surface area contributed by atoms with E-state index in [9.17, 15) is 4.79 Å². The number of carbonyl (C=O) groups is 1. The van der Waals surface area contributed by atoms with Crippen molar-refractivity contribution in [2.24, 2.45) is 0 Å². The van der Waals surface area contributed by atoms with Crippen LogP contribution < -0.4 is 23.8 Å². The first-order valence-electron chi connectivity index (χ1n) is 7.78. The maximum atomic E-state index is 13.2. The van der Waals surface area contributed by atoms with Gasteiger partial charge in [-0.2, -0.15) is 0 Å². The molecule has 0 fully saturated rings. The van der Waals surface area contributed by atoms with Crippen molar-refractivity contribution in [1.29, 1.82) is 0 Å². The number of nitrogens with zero attached hydrogens (tertiary/aromatic N) is 1. The van der Waals surface area contributed by atoms with E-state index in [0.717, 1.165) is 27.0 Å². The maximum Gasteiger partial charge on any atom is 0.262 e. The number of benzene rings is 2. The fourth-order valence-corrected chi connectivity index (χ4v) is 4.14. The summed E-state index contributed by atoms with van der Waals surface area (Å²) in [5.41, 5.74) is 2.51. The zero-order valence-corrected chi connectivity index (χ0v) is 16.0. The lowest BCUT2D eigenvalue weighted by molar-refractivity contribution is 0.0986. The van der Waals surface area contributed by atoms with E-state index in [1.807, 2.05) is 12.1 Å². The van der Waals surface area contributed by atoms with E-state index in [4.69, 9.17) is 18.9 Å². The first-order chi connectivity index (χ1) is 12.1. The maximum absolute atomic E-state index is 13.2. The Kier molecular flexibility index (Phi) is 4.10. The second-order valence-corrected chi connectivity index (χ2v) is 6.89. The van der Waals surface area contributed by atoms with Crippen LogP contribution in [0.25, 0.3) is 0 Å². The van der Waals surface area contributed by atoms with Gasteiger partial charge in [0.2, 0.25) is 6.79 Å². The number of halogens is 1. The number of ether oxygens (including phenoxy) is 4. The molecule has 0 atom stereocenters. The van der Waals surface area contributed by atoms with E-state index < -0.39 is 0 Å². The number of fused-ring (bicyclic) bond motifs is 2. The van der Waals surface area contributed by atoms with Crippen molar-refractivity contribution >= 4 is 34.2 Å². The van der Waals surface area contributed by atoms with Crippen LogP contribution in [0.1, 0.15) is 15.9 Å². The standard InChI is InChI=1S/C18H16INO5/c1-22-11-5-10-3-4-20(17(10)13(19)6-11)18(21)12-7-15-16(25-9-24-15)8-14(12)23-2/h5-8H,3-4,9H2,1-2H3. The second kappa shape index (κ2) is 6.29. The highest BCUT2D eigenvalue weighted by molar-refractivity contribution is 14.1. The Morgan fingerprint density at radius 3 is 2.60 bits per heavy atom. The molecule has 0 N–H and O–H groups in total. The van der Waals surface area contributed by atoms with Gasteiger partial charge in [0.25, 0.3) is 5.91 Å². The van der Waals surface area contributed by atoms with Crippen LogP contribution >= 0.6 is 22.6 Å². The van der Waals surface area contributed by atoms with Gasteiger partial charge in [-0.1, -0.05) is 0 Å². The predicted molar refractivity (Wildman–Crippen MR) is 100 cm³/mol. The fourth-order valence-electron chi connectivity index (χ4n) is 3.19. The van der Waals surface area contributed by atoms with Gasteiger partial charge in [-0.05, 0) is 46.7 Å². The van der Waals surface area contributed by atoms with Gasteiger partial charge in [0, 0.05) is 22.2 Å². The summed E-state index contributed by atoms with van der Waals surface area (Å²) in [5.74, 6) is 2.32. The third-order valence-electron chi connectivity index (χ3n) is 4.40. The largest absolute Gasteiger partial charge is 0.497 e. The Bertz CT molecular complexity index is 867. The molecule has 0 saturated carbocycles. The number of carbonyl (C=O) groups excluding carboxylic acids is 1. The van der Waals surface area contributed by atoms with E-state index in [1.54, 1.807) is 31.3 Å². The second-order valence-electron chi connectivity index (χ2n) is 5.73. The summed E-state index contributed by atoms with van der Waals surface area (Å²) >= 11 is 2.24. The van der Waals surface area contributed by atoms with Gasteiger partial charge in [-0.25, -0.2) is 0 Å². The van der Waals surface area contributed by atoms with Crippen molar-refractivity contribution < 1.29 is 23.7 Å². The summed E-state index contributed by atoms with van der Waals surface area (Å²) in [4.78, 5) is 15.0. The summed E-state index contributed by atoms with van der Waals surface area (Å²) in [5, 5.41) is 0. The number of methoxy groups -OCH3 is 2. The van der Waals surface area contributed by atoms with E-state index in [2.05, 4.69) is 22.6 Å². The minimum absolute atomic E-state index is 0.114. The van der Waals surface area contributed by atoms with E-state index >= 15 is 0 Å². The Balaban J connectivity index is 1.75. The average Bonchev–Trinajstić information content (AvgIpc) is 3.26. The molecule has 6 nitrogen and oxygen atoms in total. The highest BCUT2D eigenvalue weighted by Gasteiger charge is 2.31. The van der Waals surface area contributed by atoms with Crippen molar-refractivity contribution in [3.63, 3.8) is 0 Å². The van der Waals surface area contributed by atoms with Gasteiger partial charge in [-0.3, -0.25) is 4.79 Å². The van der Waals surface area contributed by atoms with Crippen molar-refractivity contribution in [2.75, 3.05) is 32.5 Å². The van der Waals surface area contributed by atoms with E-state index in [0.29, 0.717) is 29.4 Å². The molecule has 0 bridgehead atoms. The summed E-state index contributed by atoms with van der Waals surface area (Å²) in [7, 11) is 3.19. The molecule has 4 rings (SSSR count). The topological polar surface area (TPSA) is 57.2 Å². The van der Waals surface area contributed by atoms with Crippen LogP contribution in [0.15, 0.2) is 24.3 Å². The molecular weight excluding hydrogens is 437 g/mol. The Hall–Kier alpha value is -2.16. The molecule has 2 heterocycles. The molecule has 0 aliphatic carbocycles. The van der Waals surface area contributed by atoms with Crippen molar-refractivity contribution in [2.45, 2.75) is 6.42 Å². The smallest absolute Gasteiger partial charge is 0.262 e. The Morgan fingerprint density at radius 1 is 1.12 bits per heavy atom. The van der Waals surface area contributed by atoms with Gasteiger partial charge in [-0.15, -0.1) is 0 Å². The zero-order chi connectivity index (χ0) is 17.6. The van der Waals surface area contributed by atoms with Crippen LogP contribution in [0.4, 0.5) is 5.69 Å². The minimum Gasteiger partial charge on any atom is -0.497 e. The number of amides is 1. The first-order valence-corrected chi connectivity index (χ1v) is 8.86. The molecule has 0 unspecified atom stereocenters. The first kappa shape index (κ1) is 16.3. The normalized spacial score (nSPS) is 14.4. The molecule has 0 saturated heterocycles. The Labute approximate surface area is 158 Å². The van der Waals surface area contributed by atoms with E-state index in [-0.39, 0.29) is 12.7 Å². The van der Waals surface area contributed by atoms with Gasteiger partial charge in [0.05, 0.1) is 25.5 Å². The van der Waals surface area contributed by atoms with Gasteiger partial charge in [0.15, 0.2) is 11.5 Å². The molecular formula is C18H16INO5. The molecule has 2 aliphatic rings. The molecule has 0 spiro atoms. The molecule has 0 aromatic heterocycles. The molecule has 2 aromatic carbocycles. The molecule has 7 heteroatoms. The molecule has 0 radical (unpaired) electrons. The minimum atomic E-state index is -0.114. The van der Waals surface area contributed by atoms with Crippen LogP contribution in [0, 0.1) is 3.57 Å². The van der Waals surface area contributed by atoms with Gasteiger partial charge < -0.3 is 23.8 Å². The van der Waals surface area contributed by atoms with Gasteiger partial charge >= 0.3 is 0 Å². The molecule has 25 heavy (non-hydrogen) atoms. The van der Waals surface area contributed by atoms with Crippen molar-refractivity contribution in [3.05, 3.63) is 39.0 Å². The zero-order valence-electron chi connectivity index (χ0n) is 13.8. The van der Waals surface area contributed by atoms with E-state index in [1.165, 1.54) is 0 Å². The molecule has 2 aromatic rings. The summed E-state index contributed by atoms with van der Waals surface area (Å²) in [6, 6.07) is 7.31. The number of hydrogen-bond acceptors (Lipinski definition) is 5. The lowest BCUT2D eigenvalue weighted by atomic mass is 10.1. The van der Waals surface area contributed by atoms with Crippen LogP contribution in [0.5, 0.6) is 23.0 Å². The highest BCUT2D eigenvalue weighted by atomic mass is 127. The highest BCUT2D eigenvalue weighted by Crippen LogP contribution is 2.41. The molecule has 130 valence electrons. The lowest BCUT2D eigenvalue weighted by Crippen LogP contribution is -2.29. The quantitative estimate of drug-likeness (QED) is 0.669. The average molecular weight is 453 g/mol. The van der Waals surface area contributed by atoms with Crippen LogP contribution in [-0.4, -0.2) is 33.5 Å². The lowest BCUT2D eigenvalue weighted by Gasteiger charge is -2.20. The molecule has 2 aliphatic heterocycles. The van der Waals surface area contributed by atoms with Crippen LogP contribution in [-0.2, 0) is 6.42 Å².